The third-order valence-corrected chi connectivity index (χ3v) is 3.78. The number of hydrogen-bond acceptors (Lipinski definition) is 3. The summed E-state index contributed by atoms with van der Waals surface area (Å²) >= 11 is 0. The van der Waals surface area contributed by atoms with Crippen LogP contribution in [-0.4, -0.2) is 13.2 Å². The van der Waals surface area contributed by atoms with Crippen molar-refractivity contribution in [3.05, 3.63) is 54.0 Å². The van der Waals surface area contributed by atoms with Crippen molar-refractivity contribution in [2.45, 2.75) is 31.7 Å². The molecule has 1 aliphatic carbocycles. The summed E-state index contributed by atoms with van der Waals surface area (Å²) in [5.41, 5.74) is 1.35. The molecule has 1 aromatic carbocycles. The van der Waals surface area contributed by atoms with E-state index in [4.69, 9.17) is 9.15 Å². The van der Waals surface area contributed by atoms with Gasteiger partial charge in [0.1, 0.15) is 11.5 Å². The Bertz CT molecular complexity index is 521. The summed E-state index contributed by atoms with van der Waals surface area (Å²) in [4.78, 5) is 0. The maximum atomic E-state index is 5.69. The Morgan fingerprint density at radius 2 is 2.10 bits per heavy atom. The van der Waals surface area contributed by atoms with Crippen LogP contribution in [0.3, 0.4) is 0 Å². The van der Waals surface area contributed by atoms with E-state index in [0.717, 1.165) is 37.5 Å². The topological polar surface area (TPSA) is 34.4 Å². The summed E-state index contributed by atoms with van der Waals surface area (Å²) in [7, 11) is 0. The zero-order chi connectivity index (χ0) is 13.6. The number of nitrogens with one attached hydrogen (secondary N) is 1. The van der Waals surface area contributed by atoms with Gasteiger partial charge < -0.3 is 14.5 Å². The van der Waals surface area contributed by atoms with Gasteiger partial charge in [0.25, 0.3) is 0 Å². The maximum Gasteiger partial charge on any atom is 0.119 e. The highest BCUT2D eigenvalue weighted by Crippen LogP contribution is 2.30. The lowest BCUT2D eigenvalue weighted by Crippen LogP contribution is -2.26. The van der Waals surface area contributed by atoms with Crippen LogP contribution >= 0.6 is 0 Å². The molecule has 106 valence electrons. The fourth-order valence-corrected chi connectivity index (χ4v) is 2.75. The zero-order valence-corrected chi connectivity index (χ0v) is 11.7. The average Bonchev–Trinajstić information content (AvgIpc) is 2.97. The van der Waals surface area contributed by atoms with Crippen LogP contribution in [-0.2, 0) is 6.42 Å². The van der Waals surface area contributed by atoms with Crippen LogP contribution in [0.2, 0.25) is 0 Å². The molecule has 1 N–H and O–H groups in total. The van der Waals surface area contributed by atoms with Crippen LogP contribution in [0.4, 0.5) is 0 Å². The predicted octanol–water partition coefficient (Wildman–Crippen LogP) is 3.72. The molecule has 3 rings (SSSR count). The van der Waals surface area contributed by atoms with Crippen molar-refractivity contribution in [2.75, 3.05) is 13.2 Å². The van der Waals surface area contributed by atoms with E-state index in [1.807, 2.05) is 36.6 Å². The van der Waals surface area contributed by atoms with E-state index in [0.29, 0.717) is 6.04 Å². The van der Waals surface area contributed by atoms with E-state index in [1.165, 1.54) is 18.4 Å². The number of aryl methyl sites for hydroxylation is 1. The molecule has 0 aliphatic heterocycles. The van der Waals surface area contributed by atoms with Crippen molar-refractivity contribution in [3.63, 3.8) is 0 Å². The fourth-order valence-electron chi connectivity index (χ4n) is 2.75. The standard InChI is InChI=1S/C17H21NO2/c1-2-6-14(7-3-1)19-12-5-11-18-16-8-4-9-17-15(16)10-13-20-17/h1-3,6-7,10,13,16,18H,4-5,8-9,11-12H2. The van der Waals surface area contributed by atoms with Gasteiger partial charge in [-0.3, -0.25) is 0 Å². The second-order valence-corrected chi connectivity index (χ2v) is 5.21. The minimum atomic E-state index is 0.453. The normalized spacial score (nSPS) is 17.7. The molecular weight excluding hydrogens is 250 g/mol. The van der Waals surface area contributed by atoms with Gasteiger partial charge in [0.05, 0.1) is 12.9 Å². The Morgan fingerprint density at radius 3 is 3.00 bits per heavy atom. The van der Waals surface area contributed by atoms with Crippen molar-refractivity contribution >= 4 is 0 Å². The van der Waals surface area contributed by atoms with Gasteiger partial charge in [0, 0.05) is 18.0 Å². The lowest BCUT2D eigenvalue weighted by Gasteiger charge is -2.22. The molecule has 1 atom stereocenters. The summed E-state index contributed by atoms with van der Waals surface area (Å²) in [5.74, 6) is 2.11. The maximum absolute atomic E-state index is 5.69. The third kappa shape index (κ3) is 3.23. The Labute approximate surface area is 119 Å². The minimum Gasteiger partial charge on any atom is -0.494 e. The average molecular weight is 271 g/mol. The number of hydrogen-bond donors (Lipinski definition) is 1. The van der Waals surface area contributed by atoms with Gasteiger partial charge in [-0.15, -0.1) is 0 Å². The fraction of sp³-hybridized carbons (Fsp3) is 0.412. The Hall–Kier alpha value is -1.74. The number of ether oxygens (including phenoxy) is 1. The van der Waals surface area contributed by atoms with Crippen LogP contribution in [0.5, 0.6) is 5.75 Å². The smallest absolute Gasteiger partial charge is 0.119 e. The quantitative estimate of drug-likeness (QED) is 0.813. The first-order valence-electron chi connectivity index (χ1n) is 7.41. The molecule has 2 aromatic rings. The second kappa shape index (κ2) is 6.62. The summed E-state index contributed by atoms with van der Waals surface area (Å²) in [6.07, 6.45) is 6.31. The summed E-state index contributed by atoms with van der Waals surface area (Å²) in [5, 5.41) is 3.61. The molecular formula is C17H21NO2. The van der Waals surface area contributed by atoms with Gasteiger partial charge in [-0.05, 0) is 44.0 Å². The molecule has 20 heavy (non-hydrogen) atoms. The molecule has 0 fully saturated rings. The van der Waals surface area contributed by atoms with Crippen LogP contribution in [0.25, 0.3) is 0 Å². The molecule has 0 saturated carbocycles. The lowest BCUT2D eigenvalue weighted by atomic mass is 9.93. The highest BCUT2D eigenvalue weighted by Gasteiger charge is 2.21. The van der Waals surface area contributed by atoms with E-state index in [1.54, 1.807) is 0 Å². The van der Waals surface area contributed by atoms with Crippen LogP contribution in [0, 0.1) is 0 Å². The molecule has 1 aromatic heterocycles. The first kappa shape index (κ1) is 13.3. The van der Waals surface area contributed by atoms with Gasteiger partial charge >= 0.3 is 0 Å². The van der Waals surface area contributed by atoms with Gasteiger partial charge in [0.2, 0.25) is 0 Å². The van der Waals surface area contributed by atoms with E-state index in [-0.39, 0.29) is 0 Å². The van der Waals surface area contributed by atoms with Gasteiger partial charge in [-0.25, -0.2) is 0 Å². The van der Waals surface area contributed by atoms with Crippen molar-refractivity contribution in [1.29, 1.82) is 0 Å². The summed E-state index contributed by atoms with van der Waals surface area (Å²) in [6.45, 7) is 1.73. The van der Waals surface area contributed by atoms with Crippen LogP contribution in [0.1, 0.15) is 36.6 Å². The Kier molecular flexibility index (Phi) is 4.38. The Balaban J connectivity index is 1.39. The Morgan fingerprint density at radius 1 is 1.20 bits per heavy atom. The number of para-hydroxylation sites is 1. The van der Waals surface area contributed by atoms with Gasteiger partial charge in [-0.2, -0.15) is 0 Å². The minimum absolute atomic E-state index is 0.453. The molecule has 0 amide bonds. The molecule has 1 heterocycles. The number of fused-ring (bicyclic) bond motifs is 1. The van der Waals surface area contributed by atoms with Gasteiger partial charge in [-0.1, -0.05) is 18.2 Å². The van der Waals surface area contributed by atoms with E-state index in [2.05, 4.69) is 11.4 Å². The SMILES string of the molecule is c1ccc(OCCCNC2CCCc3occc32)cc1. The number of furan rings is 1. The van der Waals surface area contributed by atoms with Crippen LogP contribution in [0.15, 0.2) is 47.1 Å². The highest BCUT2D eigenvalue weighted by atomic mass is 16.5. The molecule has 3 heteroatoms. The molecule has 0 radical (unpaired) electrons. The van der Waals surface area contributed by atoms with Crippen molar-refractivity contribution in [3.8, 4) is 5.75 Å². The molecule has 0 saturated heterocycles. The number of benzene rings is 1. The van der Waals surface area contributed by atoms with E-state index in [9.17, 15) is 0 Å². The zero-order valence-electron chi connectivity index (χ0n) is 11.7. The molecule has 1 aliphatic rings. The summed E-state index contributed by atoms with van der Waals surface area (Å²) < 4.78 is 11.2. The van der Waals surface area contributed by atoms with Crippen molar-refractivity contribution < 1.29 is 9.15 Å². The number of rotatable bonds is 6. The van der Waals surface area contributed by atoms with Crippen molar-refractivity contribution in [1.82, 2.24) is 5.32 Å². The first-order chi connectivity index (χ1) is 9.93. The first-order valence-corrected chi connectivity index (χ1v) is 7.41. The third-order valence-electron chi connectivity index (χ3n) is 3.78. The predicted molar refractivity (Wildman–Crippen MR) is 78.9 cm³/mol. The van der Waals surface area contributed by atoms with E-state index < -0.39 is 0 Å². The van der Waals surface area contributed by atoms with Crippen molar-refractivity contribution in [2.24, 2.45) is 0 Å². The lowest BCUT2D eigenvalue weighted by molar-refractivity contribution is 0.302. The molecule has 3 nitrogen and oxygen atoms in total. The van der Waals surface area contributed by atoms with Crippen LogP contribution < -0.4 is 10.1 Å². The van der Waals surface area contributed by atoms with E-state index >= 15 is 0 Å². The largest absolute Gasteiger partial charge is 0.494 e. The highest BCUT2D eigenvalue weighted by molar-refractivity contribution is 5.24. The monoisotopic (exact) mass is 271 g/mol. The molecule has 1 unspecified atom stereocenters. The molecule has 0 spiro atoms. The molecule has 0 bridgehead atoms. The summed E-state index contributed by atoms with van der Waals surface area (Å²) in [6, 6.07) is 12.5. The second-order valence-electron chi connectivity index (χ2n) is 5.21. The van der Waals surface area contributed by atoms with Gasteiger partial charge in [0.15, 0.2) is 0 Å².